The summed E-state index contributed by atoms with van der Waals surface area (Å²) in [6.45, 7) is 6.35. The third kappa shape index (κ3) is 2.18. The first-order valence-electron chi connectivity index (χ1n) is 5.52. The Balaban J connectivity index is 2.34. The van der Waals surface area contributed by atoms with E-state index in [1.807, 2.05) is 6.07 Å². The molecule has 0 saturated heterocycles. The monoisotopic (exact) mass is 240 g/mol. The van der Waals surface area contributed by atoms with Gasteiger partial charge in [-0.2, -0.15) is 0 Å². The zero-order chi connectivity index (χ0) is 11.9. The Morgan fingerprint density at radius 1 is 1.38 bits per heavy atom. The number of ether oxygens (including phenoxy) is 1. The van der Waals surface area contributed by atoms with E-state index in [0.29, 0.717) is 11.4 Å². The lowest BCUT2D eigenvalue weighted by molar-refractivity contribution is 0.00803. The molecule has 3 heteroatoms. The number of hydrogen-bond donors (Lipinski definition) is 1. The number of hydrogen-bond acceptors (Lipinski definition) is 2. The van der Waals surface area contributed by atoms with Gasteiger partial charge in [-0.15, -0.1) is 0 Å². The van der Waals surface area contributed by atoms with Gasteiger partial charge in [-0.05, 0) is 23.6 Å². The van der Waals surface area contributed by atoms with E-state index in [4.69, 9.17) is 16.3 Å². The van der Waals surface area contributed by atoms with Crippen LogP contribution in [0.2, 0.25) is 5.02 Å². The minimum atomic E-state index is -0.480. The van der Waals surface area contributed by atoms with Crippen LogP contribution in [0, 0.1) is 5.41 Å². The summed E-state index contributed by atoms with van der Waals surface area (Å²) in [6, 6.07) is 5.40. The largest absolute Gasteiger partial charge is 0.489 e. The van der Waals surface area contributed by atoms with Crippen molar-refractivity contribution in [2.75, 3.05) is 0 Å². The van der Waals surface area contributed by atoms with E-state index in [1.54, 1.807) is 12.1 Å². The standard InChI is InChI=1S/C13H17ClO2/c1-13(2,3)12-7-10(15)9-6-8(14)4-5-11(9)16-12/h4-6,10,12,15H,7H2,1-3H3/t10-,12?/m0/s1. The van der Waals surface area contributed by atoms with Gasteiger partial charge in [0.15, 0.2) is 0 Å². The quantitative estimate of drug-likeness (QED) is 0.751. The summed E-state index contributed by atoms with van der Waals surface area (Å²) in [4.78, 5) is 0. The van der Waals surface area contributed by atoms with Gasteiger partial charge in [-0.25, -0.2) is 0 Å². The summed E-state index contributed by atoms with van der Waals surface area (Å²) < 4.78 is 5.90. The average Bonchev–Trinajstić information content (AvgIpc) is 2.17. The second-order valence-corrected chi connectivity index (χ2v) is 5.84. The van der Waals surface area contributed by atoms with E-state index in [2.05, 4.69) is 20.8 Å². The van der Waals surface area contributed by atoms with Crippen LogP contribution in [0.4, 0.5) is 0 Å². The van der Waals surface area contributed by atoms with Crippen LogP contribution in [-0.4, -0.2) is 11.2 Å². The highest BCUT2D eigenvalue weighted by Gasteiger charge is 2.34. The van der Waals surface area contributed by atoms with Crippen molar-refractivity contribution < 1.29 is 9.84 Å². The zero-order valence-corrected chi connectivity index (χ0v) is 10.6. The van der Waals surface area contributed by atoms with Gasteiger partial charge in [0, 0.05) is 17.0 Å². The van der Waals surface area contributed by atoms with Gasteiger partial charge in [-0.3, -0.25) is 0 Å². The summed E-state index contributed by atoms with van der Waals surface area (Å²) >= 11 is 5.90. The summed E-state index contributed by atoms with van der Waals surface area (Å²) in [5.41, 5.74) is 0.825. The molecule has 88 valence electrons. The topological polar surface area (TPSA) is 29.5 Å². The molecular formula is C13H17ClO2. The van der Waals surface area contributed by atoms with E-state index < -0.39 is 6.10 Å². The summed E-state index contributed by atoms with van der Waals surface area (Å²) in [5, 5.41) is 10.7. The minimum Gasteiger partial charge on any atom is -0.489 e. The molecule has 2 rings (SSSR count). The Hall–Kier alpha value is -0.730. The Morgan fingerprint density at radius 2 is 2.06 bits per heavy atom. The van der Waals surface area contributed by atoms with Crippen molar-refractivity contribution in [1.82, 2.24) is 0 Å². The van der Waals surface area contributed by atoms with Crippen LogP contribution in [0.15, 0.2) is 18.2 Å². The molecule has 0 aromatic heterocycles. The van der Waals surface area contributed by atoms with E-state index >= 15 is 0 Å². The predicted octanol–water partition coefficient (Wildman–Crippen LogP) is 3.57. The van der Waals surface area contributed by atoms with Crippen LogP contribution in [-0.2, 0) is 0 Å². The van der Waals surface area contributed by atoms with Crippen LogP contribution >= 0.6 is 11.6 Å². The molecule has 0 bridgehead atoms. The molecule has 1 aliphatic rings. The molecule has 0 amide bonds. The summed E-state index contributed by atoms with van der Waals surface area (Å²) in [7, 11) is 0. The molecule has 0 radical (unpaired) electrons. The molecule has 1 aliphatic heterocycles. The van der Waals surface area contributed by atoms with Gasteiger partial charge in [0.05, 0.1) is 6.10 Å². The number of aliphatic hydroxyl groups is 1. The SMILES string of the molecule is CC(C)(C)C1C[C@H](O)c2cc(Cl)ccc2O1. The zero-order valence-electron chi connectivity index (χ0n) is 9.83. The van der Waals surface area contributed by atoms with Crippen molar-refractivity contribution in [3.05, 3.63) is 28.8 Å². The smallest absolute Gasteiger partial charge is 0.125 e. The molecule has 1 unspecified atom stereocenters. The first kappa shape index (κ1) is 11.7. The molecule has 0 fully saturated rings. The highest BCUT2D eigenvalue weighted by Crippen LogP contribution is 2.41. The Labute approximate surface area is 101 Å². The van der Waals surface area contributed by atoms with E-state index in [-0.39, 0.29) is 11.5 Å². The van der Waals surface area contributed by atoms with Crippen molar-refractivity contribution in [3.8, 4) is 5.75 Å². The van der Waals surface area contributed by atoms with Gasteiger partial charge >= 0.3 is 0 Å². The molecular weight excluding hydrogens is 224 g/mol. The molecule has 0 saturated carbocycles. The van der Waals surface area contributed by atoms with Crippen LogP contribution in [0.3, 0.4) is 0 Å². The second-order valence-electron chi connectivity index (χ2n) is 5.41. The molecule has 1 heterocycles. The van der Waals surface area contributed by atoms with Crippen molar-refractivity contribution >= 4 is 11.6 Å². The number of rotatable bonds is 0. The Bertz CT molecular complexity index is 395. The first-order valence-corrected chi connectivity index (χ1v) is 5.90. The van der Waals surface area contributed by atoms with E-state index in [9.17, 15) is 5.11 Å². The second kappa shape index (κ2) is 3.94. The summed E-state index contributed by atoms with van der Waals surface area (Å²) in [5.74, 6) is 0.753. The van der Waals surface area contributed by atoms with Crippen molar-refractivity contribution in [3.63, 3.8) is 0 Å². The fourth-order valence-corrected chi connectivity index (χ4v) is 2.13. The van der Waals surface area contributed by atoms with Crippen LogP contribution in [0.5, 0.6) is 5.75 Å². The summed E-state index contributed by atoms with van der Waals surface area (Å²) in [6.07, 6.45) is 0.180. The highest BCUT2D eigenvalue weighted by atomic mass is 35.5. The highest BCUT2D eigenvalue weighted by molar-refractivity contribution is 6.30. The maximum atomic E-state index is 10.1. The molecule has 2 atom stereocenters. The first-order chi connectivity index (χ1) is 7.38. The maximum absolute atomic E-state index is 10.1. The molecule has 1 aromatic rings. The lowest BCUT2D eigenvalue weighted by atomic mass is 9.83. The number of halogens is 1. The van der Waals surface area contributed by atoms with Crippen LogP contribution in [0.1, 0.15) is 38.9 Å². The van der Waals surface area contributed by atoms with Gasteiger partial charge in [-0.1, -0.05) is 32.4 Å². The predicted molar refractivity (Wildman–Crippen MR) is 64.9 cm³/mol. The fourth-order valence-electron chi connectivity index (χ4n) is 1.95. The normalized spacial score (nSPS) is 24.8. The third-order valence-electron chi connectivity index (χ3n) is 3.00. The van der Waals surface area contributed by atoms with E-state index in [1.165, 1.54) is 0 Å². The molecule has 1 aromatic carbocycles. The van der Waals surface area contributed by atoms with Gasteiger partial charge < -0.3 is 9.84 Å². The lowest BCUT2D eigenvalue weighted by Crippen LogP contribution is -2.36. The maximum Gasteiger partial charge on any atom is 0.125 e. The number of benzene rings is 1. The number of fused-ring (bicyclic) bond motifs is 1. The number of aliphatic hydroxyl groups excluding tert-OH is 1. The molecule has 2 nitrogen and oxygen atoms in total. The van der Waals surface area contributed by atoms with Gasteiger partial charge in [0.1, 0.15) is 11.9 Å². The van der Waals surface area contributed by atoms with Gasteiger partial charge in [0.2, 0.25) is 0 Å². The third-order valence-corrected chi connectivity index (χ3v) is 3.24. The average molecular weight is 241 g/mol. The van der Waals surface area contributed by atoms with E-state index in [0.717, 1.165) is 11.3 Å². The molecule has 0 aliphatic carbocycles. The van der Waals surface area contributed by atoms with Crippen molar-refractivity contribution in [1.29, 1.82) is 0 Å². The Morgan fingerprint density at radius 3 is 2.69 bits per heavy atom. The molecule has 16 heavy (non-hydrogen) atoms. The molecule has 0 spiro atoms. The van der Waals surface area contributed by atoms with Crippen LogP contribution < -0.4 is 4.74 Å². The van der Waals surface area contributed by atoms with Crippen molar-refractivity contribution in [2.24, 2.45) is 5.41 Å². The Kier molecular flexibility index (Phi) is 2.89. The van der Waals surface area contributed by atoms with Crippen LogP contribution in [0.25, 0.3) is 0 Å². The minimum absolute atomic E-state index is 0.0261. The van der Waals surface area contributed by atoms with Gasteiger partial charge in [0.25, 0.3) is 0 Å². The van der Waals surface area contributed by atoms with Crippen molar-refractivity contribution in [2.45, 2.75) is 39.4 Å². The molecule has 1 N–H and O–H groups in total. The lowest BCUT2D eigenvalue weighted by Gasteiger charge is -2.37. The fraction of sp³-hybridized carbons (Fsp3) is 0.538.